The van der Waals surface area contributed by atoms with Crippen LogP contribution in [0.25, 0.3) is 15.4 Å². The second-order valence-corrected chi connectivity index (χ2v) is 15.1. The van der Waals surface area contributed by atoms with Gasteiger partial charge in [0.25, 0.3) is 0 Å². The van der Waals surface area contributed by atoms with Crippen molar-refractivity contribution in [1.82, 2.24) is 0 Å². The second-order valence-electron chi connectivity index (χ2n) is 9.33. The molecular formula is C28H27Cl2O2SiZr. The van der Waals surface area contributed by atoms with Crippen LogP contribution in [0.5, 0.6) is 0 Å². The van der Waals surface area contributed by atoms with Gasteiger partial charge in [-0.1, -0.05) is 0 Å². The molecule has 34 heavy (non-hydrogen) atoms. The summed E-state index contributed by atoms with van der Waals surface area (Å²) in [4.78, 5) is 0. The van der Waals surface area contributed by atoms with Gasteiger partial charge in [0.05, 0.1) is 0 Å². The molecule has 173 valence electrons. The van der Waals surface area contributed by atoms with Gasteiger partial charge in [0, 0.05) is 0 Å². The third kappa shape index (κ3) is 4.81. The van der Waals surface area contributed by atoms with Crippen LogP contribution in [0.3, 0.4) is 0 Å². The van der Waals surface area contributed by atoms with Gasteiger partial charge in [-0.25, -0.2) is 0 Å². The van der Waals surface area contributed by atoms with E-state index in [1.54, 1.807) is 0 Å². The second kappa shape index (κ2) is 10.7. The summed E-state index contributed by atoms with van der Waals surface area (Å²) in [5.74, 6) is 1.06. The molecular weight excluding hydrogens is 559 g/mol. The van der Waals surface area contributed by atoms with Crippen molar-refractivity contribution in [2.45, 2.75) is 32.5 Å². The Bertz CT molecular complexity index is 1480. The average Bonchev–Trinajstić information content (AvgIpc) is 3.28. The normalized spacial score (nSPS) is 16.2. The molecule has 1 atom stereocenters. The molecule has 2 nitrogen and oxygen atoms in total. The molecule has 1 unspecified atom stereocenters. The SMILES string of the molecule is CC=c1ccc2c(c1C1C(OCO[Si](C)(C)C)=Cc3ccccc31)[C]([Zr+2])=c1ccccc1=2.[Cl-].[Cl-]. The van der Waals surface area contributed by atoms with Crippen LogP contribution in [0.4, 0.5) is 0 Å². The maximum Gasteiger partial charge on any atom is -1.00 e. The molecule has 0 amide bonds. The number of halogens is 2. The molecule has 5 rings (SSSR count). The molecule has 0 spiro atoms. The van der Waals surface area contributed by atoms with Gasteiger partial charge < -0.3 is 24.8 Å². The van der Waals surface area contributed by atoms with E-state index in [4.69, 9.17) is 9.16 Å². The van der Waals surface area contributed by atoms with Crippen LogP contribution in [0.1, 0.15) is 35.1 Å². The van der Waals surface area contributed by atoms with Gasteiger partial charge in [-0.3, -0.25) is 0 Å². The van der Waals surface area contributed by atoms with Crippen molar-refractivity contribution >= 4 is 23.8 Å². The topological polar surface area (TPSA) is 18.5 Å². The summed E-state index contributed by atoms with van der Waals surface area (Å²) in [6, 6.07) is 22.0. The molecule has 0 bridgehead atoms. The van der Waals surface area contributed by atoms with Crippen LogP contribution in [0.2, 0.25) is 19.6 Å². The zero-order chi connectivity index (χ0) is 22.5. The quantitative estimate of drug-likeness (QED) is 0.286. The maximum atomic E-state index is 6.36. The molecule has 2 aliphatic carbocycles. The van der Waals surface area contributed by atoms with Crippen molar-refractivity contribution in [2.24, 2.45) is 0 Å². The predicted octanol–water partition coefficient (Wildman–Crippen LogP) is -0.889. The minimum Gasteiger partial charge on any atom is -1.00 e. The summed E-state index contributed by atoms with van der Waals surface area (Å²) < 4.78 is 13.9. The van der Waals surface area contributed by atoms with Crippen LogP contribution in [-0.2, 0) is 33.9 Å². The van der Waals surface area contributed by atoms with E-state index in [-0.39, 0.29) is 30.7 Å². The monoisotopic (exact) mass is 583 g/mol. The van der Waals surface area contributed by atoms with Crippen LogP contribution in [0, 0.1) is 10.4 Å². The first-order chi connectivity index (χ1) is 15.4. The number of fused-ring (bicyclic) bond motifs is 3. The zero-order valence-electron chi connectivity index (χ0n) is 19.8. The van der Waals surface area contributed by atoms with Gasteiger partial charge >= 0.3 is 206 Å². The first kappa shape index (κ1) is 27.2. The molecule has 0 saturated heterocycles. The minimum absolute atomic E-state index is 0. The number of ether oxygens (including phenoxy) is 1. The van der Waals surface area contributed by atoms with Gasteiger partial charge in [-0.05, 0) is 0 Å². The molecule has 0 aliphatic heterocycles. The molecule has 0 aromatic heterocycles. The minimum atomic E-state index is -1.66. The van der Waals surface area contributed by atoms with E-state index in [9.17, 15) is 0 Å². The summed E-state index contributed by atoms with van der Waals surface area (Å²) in [5.41, 5.74) is 5.30. The van der Waals surface area contributed by atoms with Crippen LogP contribution >= 0.6 is 0 Å². The van der Waals surface area contributed by atoms with E-state index < -0.39 is 8.32 Å². The standard InChI is InChI=1S/C28H27O2Si.2ClH.Zr/c1-5-19-14-15-24-22-12-8-6-10-20(22)16-25(24)27(19)28-23-13-9-7-11-21(23)17-26(28)29-18-30-31(2,3)4;;;/h5-15,17,28H,18H2,1-4H3;2*1H;/q;;;+2/p-2. The van der Waals surface area contributed by atoms with Crippen molar-refractivity contribution in [3.8, 4) is 0 Å². The molecule has 2 aliphatic rings. The average molecular weight is 586 g/mol. The van der Waals surface area contributed by atoms with Gasteiger partial charge in [0.15, 0.2) is 0 Å². The number of rotatable bonds is 5. The Labute approximate surface area is 229 Å². The van der Waals surface area contributed by atoms with E-state index in [0.717, 1.165) is 5.76 Å². The fourth-order valence-electron chi connectivity index (χ4n) is 4.75. The van der Waals surface area contributed by atoms with Crippen LogP contribution in [0.15, 0.2) is 66.4 Å². The third-order valence-electron chi connectivity index (χ3n) is 6.22. The molecule has 0 N–H and O–H groups in total. The van der Waals surface area contributed by atoms with Gasteiger partial charge in [-0.2, -0.15) is 0 Å². The first-order valence-electron chi connectivity index (χ1n) is 11.1. The van der Waals surface area contributed by atoms with Gasteiger partial charge in [0.1, 0.15) is 0 Å². The molecule has 3 aromatic rings. The molecule has 3 aromatic carbocycles. The smallest absolute Gasteiger partial charge is 1.00 e. The van der Waals surface area contributed by atoms with Crippen molar-refractivity contribution in [2.75, 3.05) is 6.79 Å². The van der Waals surface area contributed by atoms with E-state index in [0.29, 0.717) is 6.79 Å². The first-order valence-corrected chi connectivity index (χ1v) is 15.7. The summed E-state index contributed by atoms with van der Waals surface area (Å²) in [7, 11) is -1.66. The summed E-state index contributed by atoms with van der Waals surface area (Å²) >= 11 is 1.44. The number of hydrogen-bond acceptors (Lipinski definition) is 2. The fourth-order valence-corrected chi connectivity index (χ4v) is 6.37. The van der Waals surface area contributed by atoms with Crippen LogP contribution in [-0.4, -0.2) is 15.1 Å². The molecule has 0 radical (unpaired) electrons. The summed E-state index contributed by atoms with van der Waals surface area (Å²) in [6.07, 6.45) is 4.44. The Kier molecular flexibility index (Phi) is 8.54. The summed E-state index contributed by atoms with van der Waals surface area (Å²) in [6.45, 7) is 9.02. The Morgan fingerprint density at radius 2 is 1.56 bits per heavy atom. The molecule has 0 saturated carbocycles. The Morgan fingerprint density at radius 1 is 0.882 bits per heavy atom. The Morgan fingerprint density at radius 3 is 2.26 bits per heavy atom. The number of benzene rings is 3. The number of hydrogen-bond donors (Lipinski definition) is 0. The van der Waals surface area contributed by atoms with Gasteiger partial charge in [-0.15, -0.1) is 0 Å². The number of allylic oxidation sites excluding steroid dienone is 1. The maximum absolute atomic E-state index is 6.36. The van der Waals surface area contributed by atoms with Crippen molar-refractivity contribution in [3.05, 3.63) is 110 Å². The zero-order valence-corrected chi connectivity index (χ0v) is 24.8. The van der Waals surface area contributed by atoms with Crippen molar-refractivity contribution < 1.29 is 58.7 Å². The van der Waals surface area contributed by atoms with E-state index >= 15 is 0 Å². The Hall–Kier alpha value is -1.42. The predicted molar refractivity (Wildman–Crippen MR) is 129 cm³/mol. The van der Waals surface area contributed by atoms with E-state index in [2.05, 4.69) is 99.4 Å². The largest absolute Gasteiger partial charge is 1.00 e. The summed E-state index contributed by atoms with van der Waals surface area (Å²) in [5, 5.41) is 5.34. The van der Waals surface area contributed by atoms with Gasteiger partial charge in [0.2, 0.25) is 0 Å². The fraction of sp³-hybridized carbons (Fsp3) is 0.214. The van der Waals surface area contributed by atoms with E-state index in [1.165, 1.54) is 71.1 Å². The van der Waals surface area contributed by atoms with Crippen molar-refractivity contribution in [1.29, 1.82) is 0 Å². The van der Waals surface area contributed by atoms with Crippen LogP contribution < -0.4 is 35.3 Å². The molecule has 6 heteroatoms. The molecule has 0 fully saturated rings. The van der Waals surface area contributed by atoms with E-state index in [1.807, 2.05) is 0 Å². The third-order valence-corrected chi connectivity index (χ3v) is 8.48. The molecule has 0 heterocycles. The van der Waals surface area contributed by atoms with Crippen molar-refractivity contribution in [3.63, 3.8) is 0 Å². The Balaban J connectivity index is 0.00000162.